The number of aliphatic hydroxyl groups is 4. The minimum absolute atomic E-state index is 0.00757. The number of aliphatic hydroxyl groups excluding tert-OH is 4. The van der Waals surface area contributed by atoms with E-state index in [0.717, 1.165) is 11.1 Å². The Morgan fingerprint density at radius 2 is 0.891 bits per heavy atom. The van der Waals surface area contributed by atoms with Gasteiger partial charge in [-0.05, 0) is 31.9 Å². The summed E-state index contributed by atoms with van der Waals surface area (Å²) in [5.41, 5.74) is 2.19. The van der Waals surface area contributed by atoms with Crippen molar-refractivity contribution in [2.45, 2.75) is 58.3 Å². The lowest BCUT2D eigenvalue weighted by Crippen LogP contribution is -2.42. The van der Waals surface area contributed by atoms with Crippen LogP contribution in [0.2, 0.25) is 0 Å². The first kappa shape index (κ1) is 40.6. The number of nitrogens with zero attached hydrogens (tertiary/aromatic N) is 2. The Hall–Kier alpha value is -3.43. The largest absolute Gasteiger partial charge is 0.460 e. The summed E-state index contributed by atoms with van der Waals surface area (Å²) in [6.07, 6.45) is -4.15. The molecule has 0 spiro atoms. The summed E-state index contributed by atoms with van der Waals surface area (Å²) >= 11 is 0. The van der Waals surface area contributed by atoms with E-state index in [-0.39, 0.29) is 82.4 Å². The van der Waals surface area contributed by atoms with Gasteiger partial charge < -0.3 is 39.4 Å². The number of rotatable bonds is 23. The number of methoxy groups -OCH3 is 1. The van der Waals surface area contributed by atoms with Crippen molar-refractivity contribution < 1.29 is 53.8 Å². The van der Waals surface area contributed by atoms with Crippen molar-refractivity contribution in [2.75, 3.05) is 59.7 Å². The maximum Gasteiger partial charge on any atom is 0.333 e. The Bertz CT molecular complexity index is 1130. The first-order chi connectivity index (χ1) is 21.6. The van der Waals surface area contributed by atoms with Crippen LogP contribution in [-0.4, -0.2) is 132 Å². The number of esters is 3. The molecule has 0 amide bonds. The fourth-order valence-corrected chi connectivity index (χ4v) is 4.24. The molecule has 1 aromatic carbocycles. The number of ether oxygens (including phenoxy) is 4. The fraction of sp³-hybridized carbons (Fsp3) is 0.545. The van der Waals surface area contributed by atoms with Gasteiger partial charge in [0.05, 0.1) is 12.7 Å². The number of hydrogen-bond acceptors (Lipinski definition) is 13. The average Bonchev–Trinajstić information content (AvgIpc) is 2.98. The van der Waals surface area contributed by atoms with E-state index in [1.807, 2.05) is 24.3 Å². The van der Waals surface area contributed by atoms with E-state index in [4.69, 9.17) is 18.9 Å². The van der Waals surface area contributed by atoms with E-state index in [1.165, 1.54) is 27.9 Å². The van der Waals surface area contributed by atoms with Crippen LogP contribution in [0.5, 0.6) is 0 Å². The van der Waals surface area contributed by atoms with Crippen molar-refractivity contribution in [3.63, 3.8) is 0 Å². The highest BCUT2D eigenvalue weighted by molar-refractivity contribution is 5.87. The van der Waals surface area contributed by atoms with Gasteiger partial charge in [0.25, 0.3) is 0 Å². The molecule has 0 radical (unpaired) electrons. The molecule has 13 heteroatoms. The highest BCUT2D eigenvalue weighted by atomic mass is 16.6. The van der Waals surface area contributed by atoms with Gasteiger partial charge >= 0.3 is 17.9 Å². The number of carbonyl (C=O) groups excluding carboxylic acids is 3. The molecule has 0 aromatic heterocycles. The van der Waals surface area contributed by atoms with Gasteiger partial charge in [-0.25, -0.2) is 14.4 Å². The lowest BCUT2D eigenvalue weighted by molar-refractivity contribution is -0.143. The Kier molecular flexibility index (Phi) is 18.9. The van der Waals surface area contributed by atoms with Crippen molar-refractivity contribution in [1.82, 2.24) is 9.80 Å². The molecule has 4 unspecified atom stereocenters. The summed E-state index contributed by atoms with van der Waals surface area (Å²) < 4.78 is 20.3. The molecule has 4 atom stereocenters. The van der Waals surface area contributed by atoms with Crippen LogP contribution in [0.1, 0.15) is 31.9 Å². The summed E-state index contributed by atoms with van der Waals surface area (Å²) in [4.78, 5) is 39.0. The van der Waals surface area contributed by atoms with Gasteiger partial charge in [-0.15, -0.1) is 0 Å². The average molecular weight is 651 g/mol. The van der Waals surface area contributed by atoms with Crippen LogP contribution < -0.4 is 0 Å². The van der Waals surface area contributed by atoms with Crippen LogP contribution >= 0.6 is 0 Å². The Morgan fingerprint density at radius 3 is 1.15 bits per heavy atom. The van der Waals surface area contributed by atoms with E-state index in [1.54, 1.807) is 9.80 Å². The zero-order chi connectivity index (χ0) is 34.8. The lowest BCUT2D eigenvalue weighted by Gasteiger charge is -2.30. The van der Waals surface area contributed by atoms with Gasteiger partial charge in [-0.1, -0.05) is 44.0 Å². The zero-order valence-electron chi connectivity index (χ0n) is 27.4. The quantitative estimate of drug-likeness (QED) is 0.0742. The van der Waals surface area contributed by atoms with Gasteiger partial charge in [0.2, 0.25) is 0 Å². The molecule has 0 aliphatic rings. The highest BCUT2D eigenvalue weighted by Gasteiger charge is 2.22. The second kappa shape index (κ2) is 21.4. The summed E-state index contributed by atoms with van der Waals surface area (Å²) in [6, 6.07) is 7.38. The van der Waals surface area contributed by atoms with Gasteiger partial charge in [0, 0.05) is 63.1 Å². The summed E-state index contributed by atoms with van der Waals surface area (Å²) in [5.74, 6) is -1.91. The standard InChI is InChI=1S/C33H50N2O11/c1-22(2)31(40)44-19-28(37)15-34(14-27(36)18-43-7)12-25-10-8-9-11-26(25)13-35(16-29(38)20-45-32(41)23(3)4)17-30(39)21-46-33(42)24(5)6/h8-11,27-30,36-39H,1,3,5,12-21H2,2,4,6-7H3. The van der Waals surface area contributed by atoms with E-state index in [9.17, 15) is 34.8 Å². The third-order valence-corrected chi connectivity index (χ3v) is 6.41. The molecule has 1 aromatic rings. The van der Waals surface area contributed by atoms with Crippen LogP contribution in [0, 0.1) is 0 Å². The van der Waals surface area contributed by atoms with Crippen LogP contribution in [0.15, 0.2) is 60.7 Å². The van der Waals surface area contributed by atoms with E-state index >= 15 is 0 Å². The Labute approximate surface area is 271 Å². The Balaban J connectivity index is 3.17. The number of hydrogen-bond donors (Lipinski definition) is 4. The topological polar surface area (TPSA) is 176 Å². The van der Waals surface area contributed by atoms with Crippen molar-refractivity contribution in [3.8, 4) is 0 Å². The van der Waals surface area contributed by atoms with Crippen LogP contribution in [-0.2, 0) is 46.4 Å². The predicted octanol–water partition coefficient (Wildman–Crippen LogP) is 0.739. The maximum absolute atomic E-state index is 11.8. The molecule has 0 heterocycles. The zero-order valence-corrected chi connectivity index (χ0v) is 27.4. The third-order valence-electron chi connectivity index (χ3n) is 6.41. The highest BCUT2D eigenvalue weighted by Crippen LogP contribution is 2.17. The molecule has 0 saturated heterocycles. The van der Waals surface area contributed by atoms with Crippen LogP contribution in [0.4, 0.5) is 0 Å². The molecular weight excluding hydrogens is 600 g/mol. The van der Waals surface area contributed by atoms with Crippen molar-refractivity contribution >= 4 is 17.9 Å². The van der Waals surface area contributed by atoms with Crippen molar-refractivity contribution in [3.05, 3.63) is 71.8 Å². The molecule has 258 valence electrons. The smallest absolute Gasteiger partial charge is 0.333 e. The molecule has 0 fully saturated rings. The van der Waals surface area contributed by atoms with Crippen molar-refractivity contribution in [1.29, 1.82) is 0 Å². The van der Waals surface area contributed by atoms with Crippen molar-refractivity contribution in [2.24, 2.45) is 0 Å². The molecule has 1 rings (SSSR count). The summed E-state index contributed by atoms with van der Waals surface area (Å²) in [7, 11) is 1.46. The monoisotopic (exact) mass is 650 g/mol. The molecular formula is C33H50N2O11. The first-order valence-electron chi connectivity index (χ1n) is 14.8. The molecule has 13 nitrogen and oxygen atoms in total. The minimum atomic E-state index is -1.11. The number of carbonyl (C=O) groups is 3. The summed E-state index contributed by atoms with van der Waals surface area (Å²) in [5, 5.41) is 42.4. The fourth-order valence-electron chi connectivity index (χ4n) is 4.24. The molecule has 4 N–H and O–H groups in total. The van der Waals surface area contributed by atoms with Crippen LogP contribution in [0.3, 0.4) is 0 Å². The van der Waals surface area contributed by atoms with E-state index in [0.29, 0.717) is 0 Å². The van der Waals surface area contributed by atoms with Crippen LogP contribution in [0.25, 0.3) is 0 Å². The van der Waals surface area contributed by atoms with Gasteiger partial charge in [-0.3, -0.25) is 9.80 Å². The summed E-state index contributed by atoms with van der Waals surface area (Å²) in [6.45, 7) is 14.9. The Morgan fingerprint density at radius 1 is 0.609 bits per heavy atom. The van der Waals surface area contributed by atoms with Gasteiger partial charge in [-0.2, -0.15) is 0 Å². The third kappa shape index (κ3) is 16.8. The second-order valence-electron chi connectivity index (χ2n) is 11.4. The molecule has 0 aliphatic heterocycles. The normalized spacial score (nSPS) is 13.9. The number of benzene rings is 1. The van der Waals surface area contributed by atoms with E-state index < -0.39 is 42.3 Å². The minimum Gasteiger partial charge on any atom is -0.460 e. The first-order valence-corrected chi connectivity index (χ1v) is 14.8. The second-order valence-corrected chi connectivity index (χ2v) is 11.4. The van der Waals surface area contributed by atoms with Gasteiger partial charge in [0.15, 0.2) is 0 Å². The molecule has 0 saturated carbocycles. The maximum atomic E-state index is 11.8. The predicted molar refractivity (Wildman–Crippen MR) is 170 cm³/mol. The molecule has 0 aliphatic carbocycles. The molecule has 46 heavy (non-hydrogen) atoms. The SMILES string of the molecule is C=C(C)C(=O)OCC(O)CN(Cc1ccccc1CN(CC(O)COC(=O)C(=C)C)CC(O)COC(=O)C(=C)C)CC(O)COC. The lowest BCUT2D eigenvalue weighted by atomic mass is 10.1. The van der Waals surface area contributed by atoms with Gasteiger partial charge in [0.1, 0.15) is 38.1 Å². The van der Waals surface area contributed by atoms with E-state index in [2.05, 4.69) is 19.7 Å². The molecule has 0 bridgehead atoms.